The maximum atomic E-state index is 12.7. The second-order valence-corrected chi connectivity index (χ2v) is 8.63. The molecule has 1 aliphatic carbocycles. The van der Waals surface area contributed by atoms with Crippen LogP contribution in [-0.2, 0) is 22.4 Å². The minimum Gasteiger partial charge on any atom is -0.485 e. The first-order valence-corrected chi connectivity index (χ1v) is 11.9. The molecule has 0 atom stereocenters. The number of ether oxygens (including phenoxy) is 1. The summed E-state index contributed by atoms with van der Waals surface area (Å²) >= 11 is 0. The van der Waals surface area contributed by atoms with Crippen LogP contribution in [0.5, 0.6) is 5.75 Å². The zero-order valence-electron chi connectivity index (χ0n) is 20.3. The maximum Gasteiger partial charge on any atom is 0.416 e. The number of carbonyl (C=O) groups excluding carboxylic acids is 1. The molecule has 0 fully saturated rings. The van der Waals surface area contributed by atoms with Gasteiger partial charge in [-0.25, -0.2) is 0 Å². The Balaban J connectivity index is 1.51. The van der Waals surface area contributed by atoms with Crippen molar-refractivity contribution < 1.29 is 27.5 Å². The SMILES string of the molecule is C=C1/C=C\C(C(=O)COc2ccc(/C(C)=N/OCc3ccc(C(F)(F)F)cc3)cc2)=C/CCCCC1. The van der Waals surface area contributed by atoms with Crippen LogP contribution in [0.1, 0.15) is 55.7 Å². The average Bonchev–Trinajstić information content (AvgIpc) is 2.86. The van der Waals surface area contributed by atoms with Crippen molar-refractivity contribution in [3.63, 3.8) is 0 Å². The molecule has 0 aliphatic heterocycles. The van der Waals surface area contributed by atoms with Gasteiger partial charge in [-0.2, -0.15) is 13.2 Å². The first kappa shape index (κ1) is 27.0. The van der Waals surface area contributed by atoms with Gasteiger partial charge in [0.1, 0.15) is 12.4 Å². The van der Waals surface area contributed by atoms with E-state index in [9.17, 15) is 18.0 Å². The molecule has 0 bridgehead atoms. The number of nitrogens with zero attached hydrogens (tertiary/aromatic N) is 1. The molecular formula is C29H30F3NO3. The third-order valence-electron chi connectivity index (χ3n) is 5.74. The molecule has 0 unspecified atom stereocenters. The number of hydrogen-bond donors (Lipinski definition) is 0. The molecule has 0 aromatic heterocycles. The van der Waals surface area contributed by atoms with E-state index in [1.165, 1.54) is 12.1 Å². The van der Waals surface area contributed by atoms with Crippen LogP contribution in [0.15, 0.2) is 89.6 Å². The summed E-state index contributed by atoms with van der Waals surface area (Å²) in [5.41, 5.74) is 2.93. The van der Waals surface area contributed by atoms with Crippen LogP contribution < -0.4 is 4.74 Å². The summed E-state index contributed by atoms with van der Waals surface area (Å²) in [5, 5.41) is 4.04. The summed E-state index contributed by atoms with van der Waals surface area (Å²) in [6, 6.07) is 11.9. The van der Waals surface area contributed by atoms with Crippen LogP contribution in [0.2, 0.25) is 0 Å². The highest BCUT2D eigenvalue weighted by molar-refractivity contribution is 5.99. The van der Waals surface area contributed by atoms with E-state index in [0.717, 1.165) is 55.4 Å². The van der Waals surface area contributed by atoms with E-state index in [2.05, 4.69) is 11.7 Å². The van der Waals surface area contributed by atoms with Crippen molar-refractivity contribution in [1.29, 1.82) is 0 Å². The summed E-state index contributed by atoms with van der Waals surface area (Å²) in [7, 11) is 0. The van der Waals surface area contributed by atoms with Gasteiger partial charge in [0.25, 0.3) is 0 Å². The molecule has 1 aliphatic rings. The molecule has 0 radical (unpaired) electrons. The number of oxime groups is 1. The van der Waals surface area contributed by atoms with E-state index in [0.29, 0.717) is 22.6 Å². The Morgan fingerprint density at radius 2 is 1.72 bits per heavy atom. The lowest BCUT2D eigenvalue weighted by molar-refractivity contribution is -0.137. The lowest BCUT2D eigenvalue weighted by atomic mass is 10.0. The van der Waals surface area contributed by atoms with Gasteiger partial charge in [-0.3, -0.25) is 4.79 Å². The smallest absolute Gasteiger partial charge is 0.416 e. The fourth-order valence-corrected chi connectivity index (χ4v) is 3.57. The van der Waals surface area contributed by atoms with Crippen molar-refractivity contribution in [3.05, 3.63) is 101 Å². The molecule has 0 heterocycles. The van der Waals surface area contributed by atoms with Gasteiger partial charge in [-0.05, 0) is 80.1 Å². The topological polar surface area (TPSA) is 47.9 Å². The van der Waals surface area contributed by atoms with Gasteiger partial charge in [0.05, 0.1) is 11.3 Å². The number of ketones is 1. The van der Waals surface area contributed by atoms with Crippen molar-refractivity contribution >= 4 is 11.5 Å². The molecule has 0 N–H and O–H groups in total. The summed E-state index contributed by atoms with van der Waals surface area (Å²) in [6.45, 7) is 5.78. The van der Waals surface area contributed by atoms with Gasteiger partial charge in [0, 0.05) is 5.57 Å². The lowest BCUT2D eigenvalue weighted by Crippen LogP contribution is -2.13. The zero-order chi connectivity index (χ0) is 26.0. The molecule has 36 heavy (non-hydrogen) atoms. The Kier molecular flexibility index (Phi) is 9.68. The molecule has 0 spiro atoms. The molecule has 0 saturated heterocycles. The number of alkyl halides is 3. The molecule has 2 aromatic rings. The van der Waals surface area contributed by atoms with E-state index < -0.39 is 11.7 Å². The number of Topliss-reactive ketones (excluding diaryl/α,β-unsaturated/α-hetero) is 1. The molecule has 2 aromatic carbocycles. The van der Waals surface area contributed by atoms with Crippen molar-refractivity contribution in [2.75, 3.05) is 6.61 Å². The van der Waals surface area contributed by atoms with Gasteiger partial charge in [-0.15, -0.1) is 0 Å². The number of benzene rings is 2. The molecule has 7 heteroatoms. The van der Waals surface area contributed by atoms with Gasteiger partial charge in [-0.1, -0.05) is 54.1 Å². The number of halogens is 3. The average molecular weight is 498 g/mol. The highest BCUT2D eigenvalue weighted by Crippen LogP contribution is 2.29. The van der Waals surface area contributed by atoms with E-state index in [4.69, 9.17) is 9.57 Å². The predicted octanol–water partition coefficient (Wildman–Crippen LogP) is 7.60. The van der Waals surface area contributed by atoms with E-state index in [1.54, 1.807) is 31.2 Å². The van der Waals surface area contributed by atoms with Crippen LogP contribution in [0.25, 0.3) is 0 Å². The summed E-state index contributed by atoms with van der Waals surface area (Å²) in [5.74, 6) is 0.470. The van der Waals surface area contributed by atoms with Crippen molar-refractivity contribution in [1.82, 2.24) is 0 Å². The number of hydrogen-bond acceptors (Lipinski definition) is 4. The summed E-state index contributed by atoms with van der Waals surface area (Å²) in [4.78, 5) is 17.9. The third kappa shape index (κ3) is 8.56. The Morgan fingerprint density at radius 3 is 2.42 bits per heavy atom. The standard InChI is InChI=1S/C29H30F3NO3/c1-21-7-5-3-4-6-8-25(12-9-21)28(34)20-35-27-17-13-24(14-18-27)22(2)33-36-19-23-10-15-26(16-11-23)29(30,31)32/h8-18H,1,3-7,19-20H2,2H3/b12-9-,25-8+,33-22+. The number of carbonyl (C=O) groups is 1. The van der Waals surface area contributed by atoms with Gasteiger partial charge in [0.15, 0.2) is 12.4 Å². The highest BCUT2D eigenvalue weighted by atomic mass is 19.4. The Morgan fingerprint density at radius 1 is 1.00 bits per heavy atom. The van der Waals surface area contributed by atoms with Gasteiger partial charge in [0.2, 0.25) is 0 Å². The minimum absolute atomic E-state index is 0.0520. The molecular weight excluding hydrogens is 467 g/mol. The fraction of sp³-hybridized carbons (Fsp3) is 0.310. The highest BCUT2D eigenvalue weighted by Gasteiger charge is 2.29. The van der Waals surface area contributed by atoms with E-state index in [1.807, 2.05) is 18.2 Å². The first-order chi connectivity index (χ1) is 17.2. The van der Waals surface area contributed by atoms with Crippen molar-refractivity contribution in [3.8, 4) is 5.75 Å². The second-order valence-electron chi connectivity index (χ2n) is 8.63. The monoisotopic (exact) mass is 497 g/mol. The number of rotatable bonds is 8. The Hall–Kier alpha value is -3.61. The Bertz CT molecular complexity index is 1130. The summed E-state index contributed by atoms with van der Waals surface area (Å²) < 4.78 is 43.6. The molecule has 0 saturated carbocycles. The molecule has 4 nitrogen and oxygen atoms in total. The number of allylic oxidation sites excluding steroid dienone is 4. The Labute approximate surface area is 209 Å². The largest absolute Gasteiger partial charge is 0.485 e. The molecule has 190 valence electrons. The van der Waals surface area contributed by atoms with Crippen LogP contribution >= 0.6 is 0 Å². The maximum absolute atomic E-state index is 12.7. The zero-order valence-corrected chi connectivity index (χ0v) is 20.3. The molecule has 3 rings (SSSR count). The van der Waals surface area contributed by atoms with Crippen LogP contribution in [0.3, 0.4) is 0 Å². The van der Waals surface area contributed by atoms with Gasteiger partial charge < -0.3 is 9.57 Å². The fourth-order valence-electron chi connectivity index (χ4n) is 3.57. The minimum atomic E-state index is -4.37. The first-order valence-electron chi connectivity index (χ1n) is 11.9. The second kappa shape index (κ2) is 12.9. The summed E-state index contributed by atoms with van der Waals surface area (Å²) in [6.07, 6.45) is 6.44. The van der Waals surface area contributed by atoms with Gasteiger partial charge >= 0.3 is 6.18 Å². The third-order valence-corrected chi connectivity index (χ3v) is 5.74. The van der Waals surface area contributed by atoms with Crippen molar-refractivity contribution in [2.24, 2.45) is 5.16 Å². The lowest BCUT2D eigenvalue weighted by Gasteiger charge is -2.09. The molecule has 0 amide bonds. The normalized spacial score (nSPS) is 17.6. The van der Waals surface area contributed by atoms with E-state index in [-0.39, 0.29) is 19.0 Å². The van der Waals surface area contributed by atoms with Crippen molar-refractivity contribution in [2.45, 2.75) is 51.8 Å². The van der Waals surface area contributed by atoms with E-state index >= 15 is 0 Å². The quantitative estimate of drug-likeness (QED) is 0.279. The van der Waals surface area contributed by atoms with Crippen LogP contribution in [0, 0.1) is 0 Å². The predicted molar refractivity (Wildman–Crippen MR) is 135 cm³/mol. The van der Waals surface area contributed by atoms with Crippen LogP contribution in [0.4, 0.5) is 13.2 Å². The van der Waals surface area contributed by atoms with Crippen LogP contribution in [-0.4, -0.2) is 18.1 Å².